The molecule has 0 atom stereocenters. The van der Waals surface area contributed by atoms with Gasteiger partial charge in [-0.3, -0.25) is 4.68 Å². The zero-order valence-electron chi connectivity index (χ0n) is 10.4. The maximum absolute atomic E-state index is 8.70. The van der Waals surface area contributed by atoms with Crippen molar-refractivity contribution >= 4 is 0 Å². The molecule has 18 heavy (non-hydrogen) atoms. The zero-order chi connectivity index (χ0) is 12.8. The van der Waals surface area contributed by atoms with E-state index in [1.165, 1.54) is 5.56 Å². The first-order valence-electron chi connectivity index (χ1n) is 5.96. The number of rotatable bonds is 5. The largest absolute Gasteiger partial charge is 0.312 e. The molecule has 0 fully saturated rings. The Labute approximate surface area is 107 Å². The number of nitrogens with one attached hydrogen (secondary N) is 1. The van der Waals surface area contributed by atoms with E-state index < -0.39 is 0 Å². The van der Waals surface area contributed by atoms with E-state index in [-0.39, 0.29) is 0 Å². The van der Waals surface area contributed by atoms with Crippen molar-refractivity contribution in [3.8, 4) is 6.07 Å². The van der Waals surface area contributed by atoms with Gasteiger partial charge in [-0.2, -0.15) is 10.4 Å². The highest BCUT2D eigenvalue weighted by Gasteiger charge is 1.97. The molecular formula is C14H16N4. The molecule has 4 heteroatoms. The molecule has 0 spiro atoms. The van der Waals surface area contributed by atoms with E-state index in [2.05, 4.69) is 16.5 Å². The predicted molar refractivity (Wildman–Crippen MR) is 69.8 cm³/mol. The number of benzene rings is 1. The van der Waals surface area contributed by atoms with Gasteiger partial charge in [0.1, 0.15) is 0 Å². The van der Waals surface area contributed by atoms with Crippen molar-refractivity contribution in [2.75, 3.05) is 6.54 Å². The third-order valence-corrected chi connectivity index (χ3v) is 2.74. The fourth-order valence-electron chi connectivity index (χ4n) is 1.74. The molecule has 1 N–H and O–H groups in total. The summed E-state index contributed by atoms with van der Waals surface area (Å²) in [7, 11) is 1.92. The standard InChI is InChI=1S/C14H16N4/c1-18-9-7-14(17-18)6-8-16-11-13-4-2-12(10-15)3-5-13/h2-5,7,9,16H,6,8,11H2,1H3. The Kier molecular flexibility index (Phi) is 4.11. The van der Waals surface area contributed by atoms with E-state index in [9.17, 15) is 0 Å². The SMILES string of the molecule is Cn1ccc(CCNCc2ccc(C#N)cc2)n1. The highest BCUT2D eigenvalue weighted by atomic mass is 15.2. The Morgan fingerprint density at radius 2 is 2.06 bits per heavy atom. The van der Waals surface area contributed by atoms with Crippen molar-refractivity contribution in [1.29, 1.82) is 5.26 Å². The van der Waals surface area contributed by atoms with Gasteiger partial charge in [0.25, 0.3) is 0 Å². The molecule has 0 bridgehead atoms. The number of hydrogen-bond donors (Lipinski definition) is 1. The minimum Gasteiger partial charge on any atom is -0.312 e. The number of nitriles is 1. The predicted octanol–water partition coefficient (Wildman–Crippen LogP) is 1.62. The van der Waals surface area contributed by atoms with E-state index in [4.69, 9.17) is 5.26 Å². The van der Waals surface area contributed by atoms with Crippen molar-refractivity contribution in [2.24, 2.45) is 7.05 Å². The lowest BCUT2D eigenvalue weighted by atomic mass is 10.1. The van der Waals surface area contributed by atoms with Crippen LogP contribution in [0.15, 0.2) is 36.5 Å². The van der Waals surface area contributed by atoms with Gasteiger partial charge >= 0.3 is 0 Å². The molecule has 0 aliphatic carbocycles. The summed E-state index contributed by atoms with van der Waals surface area (Å²) in [5.41, 5.74) is 2.99. The molecule has 2 rings (SSSR count). The maximum Gasteiger partial charge on any atom is 0.0991 e. The van der Waals surface area contributed by atoms with Crippen LogP contribution in [0.1, 0.15) is 16.8 Å². The second-order valence-electron chi connectivity index (χ2n) is 4.22. The van der Waals surface area contributed by atoms with Crippen LogP contribution in [0.2, 0.25) is 0 Å². The summed E-state index contributed by atoms with van der Waals surface area (Å²) in [6, 6.07) is 11.8. The van der Waals surface area contributed by atoms with Crippen molar-refractivity contribution in [3.63, 3.8) is 0 Å². The monoisotopic (exact) mass is 240 g/mol. The third kappa shape index (κ3) is 3.44. The van der Waals surface area contributed by atoms with E-state index >= 15 is 0 Å². The van der Waals surface area contributed by atoms with Gasteiger partial charge in [0, 0.05) is 32.8 Å². The summed E-state index contributed by atoms with van der Waals surface area (Å²) in [5.74, 6) is 0. The fourth-order valence-corrected chi connectivity index (χ4v) is 1.74. The number of aromatic nitrogens is 2. The maximum atomic E-state index is 8.70. The van der Waals surface area contributed by atoms with Crippen LogP contribution in [0.25, 0.3) is 0 Å². The normalized spacial score (nSPS) is 10.2. The molecule has 1 aromatic heterocycles. The molecule has 92 valence electrons. The van der Waals surface area contributed by atoms with Crippen LogP contribution >= 0.6 is 0 Å². The van der Waals surface area contributed by atoms with Crippen LogP contribution in [0.4, 0.5) is 0 Å². The van der Waals surface area contributed by atoms with E-state index in [1.807, 2.05) is 48.3 Å². The molecule has 0 aliphatic rings. The Hall–Kier alpha value is -2.12. The molecular weight excluding hydrogens is 224 g/mol. The third-order valence-electron chi connectivity index (χ3n) is 2.74. The molecule has 2 aromatic rings. The van der Waals surface area contributed by atoms with Crippen molar-refractivity contribution in [2.45, 2.75) is 13.0 Å². The van der Waals surface area contributed by atoms with Crippen molar-refractivity contribution in [1.82, 2.24) is 15.1 Å². The summed E-state index contributed by atoms with van der Waals surface area (Å²) in [6.07, 6.45) is 2.88. The van der Waals surface area contributed by atoms with Crippen molar-refractivity contribution in [3.05, 3.63) is 53.3 Å². The van der Waals surface area contributed by atoms with Crippen LogP contribution in [0.3, 0.4) is 0 Å². The smallest absolute Gasteiger partial charge is 0.0991 e. The van der Waals surface area contributed by atoms with Crippen LogP contribution in [0.5, 0.6) is 0 Å². The van der Waals surface area contributed by atoms with Crippen LogP contribution in [-0.2, 0) is 20.0 Å². The Bertz CT molecular complexity index is 534. The Morgan fingerprint density at radius 3 is 2.67 bits per heavy atom. The first kappa shape index (κ1) is 12.3. The van der Waals surface area contributed by atoms with Crippen molar-refractivity contribution < 1.29 is 0 Å². The molecule has 0 aliphatic heterocycles. The van der Waals surface area contributed by atoms with Crippen LogP contribution in [-0.4, -0.2) is 16.3 Å². The van der Waals surface area contributed by atoms with Gasteiger partial charge in [0.2, 0.25) is 0 Å². The molecule has 0 unspecified atom stereocenters. The average molecular weight is 240 g/mol. The van der Waals surface area contributed by atoms with Gasteiger partial charge < -0.3 is 5.32 Å². The summed E-state index contributed by atoms with van der Waals surface area (Å²) in [5, 5.41) is 16.4. The lowest BCUT2D eigenvalue weighted by molar-refractivity contribution is 0.665. The summed E-state index contributed by atoms with van der Waals surface area (Å²) in [4.78, 5) is 0. The highest BCUT2D eigenvalue weighted by Crippen LogP contribution is 2.02. The molecule has 1 heterocycles. The molecule has 0 radical (unpaired) electrons. The fraction of sp³-hybridized carbons (Fsp3) is 0.286. The molecule has 0 saturated heterocycles. The number of hydrogen-bond acceptors (Lipinski definition) is 3. The Balaban J connectivity index is 1.73. The quantitative estimate of drug-likeness (QED) is 0.808. The lowest BCUT2D eigenvalue weighted by Gasteiger charge is -2.03. The zero-order valence-corrected chi connectivity index (χ0v) is 10.4. The summed E-state index contributed by atoms with van der Waals surface area (Å²) < 4.78 is 1.82. The summed E-state index contributed by atoms with van der Waals surface area (Å²) in [6.45, 7) is 1.72. The van der Waals surface area contributed by atoms with Gasteiger partial charge in [-0.05, 0) is 23.8 Å². The molecule has 4 nitrogen and oxygen atoms in total. The van der Waals surface area contributed by atoms with E-state index in [0.29, 0.717) is 5.56 Å². The van der Waals surface area contributed by atoms with Gasteiger partial charge in [-0.15, -0.1) is 0 Å². The minimum atomic E-state index is 0.701. The molecule has 1 aromatic carbocycles. The van der Waals surface area contributed by atoms with Crippen LogP contribution < -0.4 is 5.32 Å². The van der Waals surface area contributed by atoms with Gasteiger partial charge in [-0.1, -0.05) is 12.1 Å². The first-order valence-corrected chi connectivity index (χ1v) is 5.96. The lowest BCUT2D eigenvalue weighted by Crippen LogP contribution is -2.16. The van der Waals surface area contributed by atoms with Crippen LogP contribution in [0, 0.1) is 11.3 Å². The second kappa shape index (κ2) is 5.99. The topological polar surface area (TPSA) is 53.6 Å². The number of aryl methyl sites for hydroxylation is 1. The average Bonchev–Trinajstić information content (AvgIpc) is 2.81. The minimum absolute atomic E-state index is 0.701. The molecule has 0 amide bonds. The second-order valence-corrected chi connectivity index (χ2v) is 4.22. The first-order chi connectivity index (χ1) is 8.78. The van der Waals surface area contributed by atoms with Gasteiger partial charge in [0.05, 0.1) is 17.3 Å². The summed E-state index contributed by atoms with van der Waals surface area (Å²) >= 11 is 0. The van der Waals surface area contributed by atoms with Gasteiger partial charge in [-0.25, -0.2) is 0 Å². The van der Waals surface area contributed by atoms with E-state index in [1.54, 1.807) is 0 Å². The highest BCUT2D eigenvalue weighted by molar-refractivity contribution is 5.31. The Morgan fingerprint density at radius 1 is 1.28 bits per heavy atom. The number of nitrogens with zero attached hydrogens (tertiary/aromatic N) is 3. The molecule has 0 saturated carbocycles. The van der Waals surface area contributed by atoms with Gasteiger partial charge in [0.15, 0.2) is 0 Å². The van der Waals surface area contributed by atoms with E-state index in [0.717, 1.165) is 25.2 Å².